The van der Waals surface area contributed by atoms with Crippen molar-refractivity contribution < 1.29 is 9.59 Å². The molecule has 2 rings (SSSR count). The number of rotatable bonds is 3. The normalized spacial score (nSPS) is 16.6. The predicted molar refractivity (Wildman–Crippen MR) is 88.6 cm³/mol. The SMILES string of the molecule is CN(C)C(=O)C1CCN(C(=O)C(N)c2ccccc2)CC1.Cl. The van der Waals surface area contributed by atoms with Crippen LogP contribution in [0.2, 0.25) is 0 Å². The summed E-state index contributed by atoms with van der Waals surface area (Å²) < 4.78 is 0. The molecule has 5 nitrogen and oxygen atoms in total. The fourth-order valence-electron chi connectivity index (χ4n) is 2.71. The standard InChI is InChI=1S/C16H23N3O2.ClH/c1-18(2)15(20)13-8-10-19(11-9-13)16(21)14(17)12-6-4-3-5-7-12;/h3-7,13-14H,8-11,17H2,1-2H3;1H. The van der Waals surface area contributed by atoms with Crippen LogP contribution >= 0.6 is 12.4 Å². The quantitative estimate of drug-likeness (QED) is 0.914. The van der Waals surface area contributed by atoms with E-state index >= 15 is 0 Å². The molecule has 2 N–H and O–H groups in total. The van der Waals surface area contributed by atoms with Crippen LogP contribution in [-0.4, -0.2) is 48.8 Å². The minimum Gasteiger partial charge on any atom is -0.349 e. The molecule has 122 valence electrons. The number of nitrogens with zero attached hydrogens (tertiary/aromatic N) is 2. The van der Waals surface area contributed by atoms with E-state index in [1.165, 1.54) is 0 Å². The average Bonchev–Trinajstić information content (AvgIpc) is 2.53. The molecule has 2 amide bonds. The van der Waals surface area contributed by atoms with E-state index in [0.29, 0.717) is 25.9 Å². The molecular formula is C16H24ClN3O2. The van der Waals surface area contributed by atoms with Gasteiger partial charge in [-0.3, -0.25) is 9.59 Å². The summed E-state index contributed by atoms with van der Waals surface area (Å²) in [6.45, 7) is 1.20. The summed E-state index contributed by atoms with van der Waals surface area (Å²) in [5, 5.41) is 0. The molecule has 1 aliphatic rings. The van der Waals surface area contributed by atoms with Crippen molar-refractivity contribution in [1.29, 1.82) is 0 Å². The summed E-state index contributed by atoms with van der Waals surface area (Å²) >= 11 is 0. The van der Waals surface area contributed by atoms with Crippen LogP contribution in [0.25, 0.3) is 0 Å². The molecule has 0 aromatic heterocycles. The van der Waals surface area contributed by atoms with Gasteiger partial charge in [-0.15, -0.1) is 12.4 Å². The van der Waals surface area contributed by atoms with Gasteiger partial charge in [-0.25, -0.2) is 0 Å². The minimum atomic E-state index is -0.618. The molecule has 1 saturated heterocycles. The Morgan fingerprint density at radius 2 is 1.73 bits per heavy atom. The van der Waals surface area contributed by atoms with Crippen LogP contribution in [0.4, 0.5) is 0 Å². The monoisotopic (exact) mass is 325 g/mol. The number of likely N-dealkylation sites (tertiary alicyclic amines) is 1. The van der Waals surface area contributed by atoms with Gasteiger partial charge < -0.3 is 15.5 Å². The lowest BCUT2D eigenvalue weighted by molar-refractivity contribution is -0.139. The molecule has 1 aliphatic heterocycles. The van der Waals surface area contributed by atoms with Crippen LogP contribution < -0.4 is 5.73 Å². The number of hydrogen-bond donors (Lipinski definition) is 1. The van der Waals surface area contributed by atoms with Crippen molar-refractivity contribution in [3.05, 3.63) is 35.9 Å². The lowest BCUT2D eigenvalue weighted by Gasteiger charge is -2.33. The van der Waals surface area contributed by atoms with Crippen molar-refractivity contribution in [3.63, 3.8) is 0 Å². The number of carbonyl (C=O) groups is 2. The Kier molecular flexibility index (Phi) is 6.84. The Morgan fingerprint density at radius 3 is 2.23 bits per heavy atom. The number of halogens is 1. The molecule has 22 heavy (non-hydrogen) atoms. The third-order valence-corrected chi connectivity index (χ3v) is 4.02. The molecule has 0 aliphatic carbocycles. The molecule has 0 radical (unpaired) electrons. The summed E-state index contributed by atoms with van der Waals surface area (Å²) in [4.78, 5) is 27.7. The maximum absolute atomic E-state index is 12.4. The van der Waals surface area contributed by atoms with E-state index in [1.54, 1.807) is 23.9 Å². The molecule has 1 heterocycles. The first-order chi connectivity index (χ1) is 10.0. The molecule has 1 atom stereocenters. The smallest absolute Gasteiger partial charge is 0.244 e. The molecular weight excluding hydrogens is 302 g/mol. The van der Waals surface area contributed by atoms with Gasteiger partial charge >= 0.3 is 0 Å². The van der Waals surface area contributed by atoms with E-state index in [2.05, 4.69) is 0 Å². The predicted octanol–water partition coefficient (Wildman–Crippen LogP) is 1.44. The fourth-order valence-corrected chi connectivity index (χ4v) is 2.71. The van der Waals surface area contributed by atoms with E-state index in [0.717, 1.165) is 5.56 Å². The van der Waals surface area contributed by atoms with Crippen molar-refractivity contribution in [1.82, 2.24) is 9.80 Å². The Bertz CT molecular complexity index is 499. The Hall–Kier alpha value is -1.59. The average molecular weight is 326 g/mol. The number of hydrogen-bond acceptors (Lipinski definition) is 3. The summed E-state index contributed by atoms with van der Waals surface area (Å²) in [6.07, 6.45) is 1.43. The Labute approximate surface area is 137 Å². The van der Waals surface area contributed by atoms with Gasteiger partial charge in [0.25, 0.3) is 0 Å². The molecule has 1 aromatic carbocycles. The highest BCUT2D eigenvalue weighted by Gasteiger charge is 2.30. The second kappa shape index (κ2) is 8.15. The number of piperidine rings is 1. The summed E-state index contributed by atoms with van der Waals surface area (Å²) in [5.74, 6) is 0.114. The van der Waals surface area contributed by atoms with Gasteiger partial charge in [0.2, 0.25) is 11.8 Å². The number of nitrogens with two attached hydrogens (primary N) is 1. The highest BCUT2D eigenvalue weighted by atomic mass is 35.5. The van der Waals surface area contributed by atoms with Gasteiger partial charge in [-0.05, 0) is 18.4 Å². The van der Waals surface area contributed by atoms with Crippen LogP contribution in [0.3, 0.4) is 0 Å². The van der Waals surface area contributed by atoms with E-state index in [9.17, 15) is 9.59 Å². The molecule has 0 bridgehead atoms. The van der Waals surface area contributed by atoms with Crippen LogP contribution in [-0.2, 0) is 9.59 Å². The van der Waals surface area contributed by atoms with Crippen LogP contribution in [0.5, 0.6) is 0 Å². The maximum Gasteiger partial charge on any atom is 0.244 e. The fraction of sp³-hybridized carbons (Fsp3) is 0.500. The summed E-state index contributed by atoms with van der Waals surface area (Å²) in [6, 6.07) is 8.77. The Morgan fingerprint density at radius 1 is 1.18 bits per heavy atom. The van der Waals surface area contributed by atoms with Crippen molar-refractivity contribution in [2.24, 2.45) is 11.7 Å². The number of benzene rings is 1. The lowest BCUT2D eigenvalue weighted by atomic mass is 9.94. The second-order valence-corrected chi connectivity index (χ2v) is 5.72. The van der Waals surface area contributed by atoms with E-state index in [4.69, 9.17) is 5.73 Å². The highest BCUT2D eigenvalue weighted by molar-refractivity contribution is 5.85. The third-order valence-electron chi connectivity index (χ3n) is 4.02. The van der Waals surface area contributed by atoms with Gasteiger partial charge in [0.15, 0.2) is 0 Å². The van der Waals surface area contributed by atoms with E-state index < -0.39 is 6.04 Å². The second-order valence-electron chi connectivity index (χ2n) is 5.72. The first kappa shape index (κ1) is 18.5. The Balaban J connectivity index is 0.00000242. The molecule has 0 spiro atoms. The van der Waals surface area contributed by atoms with Crippen LogP contribution in [0, 0.1) is 5.92 Å². The van der Waals surface area contributed by atoms with Gasteiger partial charge in [0, 0.05) is 33.1 Å². The summed E-state index contributed by atoms with van der Waals surface area (Å²) in [7, 11) is 3.54. The zero-order chi connectivity index (χ0) is 15.4. The zero-order valence-electron chi connectivity index (χ0n) is 13.1. The van der Waals surface area contributed by atoms with Gasteiger partial charge in [0.1, 0.15) is 6.04 Å². The topological polar surface area (TPSA) is 66.6 Å². The van der Waals surface area contributed by atoms with Crippen molar-refractivity contribution in [2.45, 2.75) is 18.9 Å². The molecule has 6 heteroatoms. The highest BCUT2D eigenvalue weighted by Crippen LogP contribution is 2.21. The van der Waals surface area contributed by atoms with Gasteiger partial charge in [0.05, 0.1) is 0 Å². The van der Waals surface area contributed by atoms with Crippen LogP contribution in [0.15, 0.2) is 30.3 Å². The molecule has 1 fully saturated rings. The van der Waals surface area contributed by atoms with Gasteiger partial charge in [-0.1, -0.05) is 30.3 Å². The van der Waals surface area contributed by atoms with Gasteiger partial charge in [-0.2, -0.15) is 0 Å². The lowest BCUT2D eigenvalue weighted by Crippen LogP contribution is -2.45. The molecule has 1 aromatic rings. The van der Waals surface area contributed by atoms with E-state index in [1.807, 2.05) is 30.3 Å². The van der Waals surface area contributed by atoms with Crippen molar-refractivity contribution in [3.8, 4) is 0 Å². The zero-order valence-corrected chi connectivity index (χ0v) is 13.9. The van der Waals surface area contributed by atoms with Crippen molar-refractivity contribution >= 4 is 24.2 Å². The minimum absolute atomic E-state index is 0. The van der Waals surface area contributed by atoms with Crippen molar-refractivity contribution in [2.75, 3.05) is 27.2 Å². The molecule has 0 saturated carbocycles. The number of amides is 2. The first-order valence-electron chi connectivity index (χ1n) is 7.31. The third kappa shape index (κ3) is 4.21. The van der Waals surface area contributed by atoms with Crippen LogP contribution in [0.1, 0.15) is 24.4 Å². The summed E-state index contributed by atoms with van der Waals surface area (Å²) in [5.41, 5.74) is 6.87. The first-order valence-corrected chi connectivity index (χ1v) is 7.31. The largest absolute Gasteiger partial charge is 0.349 e. The number of carbonyl (C=O) groups excluding carboxylic acids is 2. The van der Waals surface area contributed by atoms with E-state index in [-0.39, 0.29) is 30.1 Å². The molecule has 1 unspecified atom stereocenters. The maximum atomic E-state index is 12.4.